The van der Waals surface area contributed by atoms with Gasteiger partial charge in [0.2, 0.25) is 5.91 Å². The van der Waals surface area contributed by atoms with E-state index in [2.05, 4.69) is 0 Å². The van der Waals surface area contributed by atoms with E-state index < -0.39 is 19.0 Å². The molecular formula is C17H20F2N2O2S. The molecule has 4 rings (SSSR count). The molecule has 1 spiro atoms. The van der Waals surface area contributed by atoms with Crippen molar-refractivity contribution in [2.75, 3.05) is 26.2 Å². The van der Waals surface area contributed by atoms with E-state index in [0.29, 0.717) is 13.1 Å². The summed E-state index contributed by atoms with van der Waals surface area (Å²) in [5.74, 6) is -3.05. The van der Waals surface area contributed by atoms with Crippen LogP contribution in [0.15, 0.2) is 17.5 Å². The molecule has 2 aliphatic heterocycles. The van der Waals surface area contributed by atoms with Crippen LogP contribution in [0.25, 0.3) is 0 Å². The van der Waals surface area contributed by atoms with E-state index in [-0.39, 0.29) is 23.1 Å². The lowest BCUT2D eigenvalue weighted by molar-refractivity contribution is -0.172. The number of amides is 2. The van der Waals surface area contributed by atoms with Gasteiger partial charge in [0, 0.05) is 24.4 Å². The number of carbonyl (C=O) groups excluding carboxylic acids is 2. The molecule has 1 saturated carbocycles. The maximum Gasteiger partial charge on any atom is 0.282 e. The van der Waals surface area contributed by atoms with Gasteiger partial charge in [0.1, 0.15) is 0 Å². The minimum absolute atomic E-state index is 0.0236. The average Bonchev–Trinajstić information content (AvgIpc) is 3.25. The van der Waals surface area contributed by atoms with Crippen LogP contribution in [0.2, 0.25) is 0 Å². The van der Waals surface area contributed by atoms with Crippen molar-refractivity contribution in [3.8, 4) is 0 Å². The summed E-state index contributed by atoms with van der Waals surface area (Å²) in [5.41, 5.74) is -0.213. The summed E-state index contributed by atoms with van der Waals surface area (Å²) in [6, 6.07) is 3.67. The molecule has 7 heteroatoms. The smallest absolute Gasteiger partial charge is 0.282 e. The van der Waals surface area contributed by atoms with Crippen molar-refractivity contribution in [2.45, 2.75) is 31.6 Å². The second kappa shape index (κ2) is 5.51. The van der Waals surface area contributed by atoms with Gasteiger partial charge in [0.25, 0.3) is 11.8 Å². The molecular weight excluding hydrogens is 334 g/mol. The number of halogens is 2. The van der Waals surface area contributed by atoms with Gasteiger partial charge in [-0.25, -0.2) is 8.78 Å². The number of rotatable bonds is 2. The highest BCUT2D eigenvalue weighted by Gasteiger charge is 2.55. The molecule has 3 fully saturated rings. The Morgan fingerprint density at radius 2 is 1.96 bits per heavy atom. The number of alkyl halides is 2. The summed E-state index contributed by atoms with van der Waals surface area (Å²) < 4.78 is 26.2. The van der Waals surface area contributed by atoms with E-state index in [1.807, 2.05) is 22.4 Å². The van der Waals surface area contributed by atoms with Crippen LogP contribution in [0.1, 0.15) is 35.4 Å². The molecule has 1 aliphatic carbocycles. The van der Waals surface area contributed by atoms with Gasteiger partial charge < -0.3 is 9.80 Å². The van der Waals surface area contributed by atoms with E-state index in [1.165, 1.54) is 16.2 Å². The number of nitrogens with zero attached hydrogens (tertiary/aromatic N) is 2. The van der Waals surface area contributed by atoms with Crippen molar-refractivity contribution in [3.05, 3.63) is 22.4 Å². The first kappa shape index (κ1) is 16.0. The molecule has 1 aromatic heterocycles. The van der Waals surface area contributed by atoms with E-state index >= 15 is 0 Å². The molecule has 2 amide bonds. The van der Waals surface area contributed by atoms with Crippen LogP contribution in [0.5, 0.6) is 0 Å². The molecule has 3 aliphatic rings. The third-order valence-electron chi connectivity index (χ3n) is 5.77. The molecule has 0 aromatic carbocycles. The average molecular weight is 354 g/mol. The van der Waals surface area contributed by atoms with Crippen LogP contribution in [-0.2, 0) is 4.79 Å². The van der Waals surface area contributed by atoms with E-state index in [1.54, 1.807) is 0 Å². The lowest BCUT2D eigenvalue weighted by Gasteiger charge is -2.42. The summed E-state index contributed by atoms with van der Waals surface area (Å²) in [7, 11) is 0. The molecule has 0 radical (unpaired) electrons. The minimum atomic E-state index is -2.72. The van der Waals surface area contributed by atoms with Crippen LogP contribution in [0.3, 0.4) is 0 Å². The third-order valence-corrected chi connectivity index (χ3v) is 6.62. The van der Waals surface area contributed by atoms with Crippen LogP contribution < -0.4 is 0 Å². The van der Waals surface area contributed by atoms with Crippen LogP contribution in [-0.4, -0.2) is 53.7 Å². The van der Waals surface area contributed by atoms with E-state index in [9.17, 15) is 18.4 Å². The first-order valence-electron chi connectivity index (χ1n) is 8.40. The number of hydrogen-bond donors (Lipinski definition) is 0. The maximum absolute atomic E-state index is 13.1. The number of thiophene rings is 1. The molecule has 4 nitrogen and oxygen atoms in total. The summed E-state index contributed by atoms with van der Waals surface area (Å²) in [5, 5.41) is 1.88. The summed E-state index contributed by atoms with van der Waals surface area (Å²) in [6.45, 7) is 0.327. The molecule has 1 aromatic rings. The first-order valence-corrected chi connectivity index (χ1v) is 9.28. The second-order valence-electron chi connectivity index (χ2n) is 7.31. The van der Waals surface area contributed by atoms with Gasteiger partial charge in [-0.1, -0.05) is 12.5 Å². The van der Waals surface area contributed by atoms with Crippen molar-refractivity contribution < 1.29 is 18.4 Å². The highest BCUT2D eigenvalue weighted by molar-refractivity contribution is 7.12. The zero-order chi connectivity index (χ0) is 16.9. The van der Waals surface area contributed by atoms with Crippen molar-refractivity contribution in [3.63, 3.8) is 0 Å². The largest absolute Gasteiger partial charge is 0.337 e. The summed E-state index contributed by atoms with van der Waals surface area (Å²) in [4.78, 5) is 29.1. The fraction of sp³-hybridized carbons (Fsp3) is 0.647. The Hall–Kier alpha value is -1.50. The lowest BCUT2D eigenvalue weighted by atomic mass is 9.76. The van der Waals surface area contributed by atoms with Gasteiger partial charge in [-0.3, -0.25) is 9.59 Å². The predicted octanol–water partition coefficient (Wildman–Crippen LogP) is 2.86. The monoisotopic (exact) mass is 354 g/mol. The quantitative estimate of drug-likeness (QED) is 0.819. The zero-order valence-corrected chi connectivity index (χ0v) is 14.2. The highest BCUT2D eigenvalue weighted by Crippen LogP contribution is 2.51. The van der Waals surface area contributed by atoms with Crippen molar-refractivity contribution in [2.24, 2.45) is 11.3 Å². The standard InChI is InChI=1S/C17H20F2N2O2S/c18-17(19)10-21(11-17)14(22)12-3-1-5-16(12)6-7-20(9-16)15(23)13-4-2-8-24-13/h2,4,8,12H,1,3,5-7,9-11H2/t12-,16+/m1/s1. The Balaban J connectivity index is 1.47. The zero-order valence-electron chi connectivity index (χ0n) is 13.3. The molecule has 3 heterocycles. The number of likely N-dealkylation sites (tertiary alicyclic amines) is 2. The molecule has 130 valence electrons. The van der Waals surface area contributed by atoms with Crippen LogP contribution in [0, 0.1) is 11.3 Å². The fourth-order valence-corrected chi connectivity index (χ4v) is 5.22. The van der Waals surface area contributed by atoms with Crippen molar-refractivity contribution in [1.82, 2.24) is 9.80 Å². The van der Waals surface area contributed by atoms with Gasteiger partial charge >= 0.3 is 0 Å². The molecule has 0 unspecified atom stereocenters. The first-order chi connectivity index (χ1) is 11.4. The van der Waals surface area contributed by atoms with Crippen LogP contribution >= 0.6 is 11.3 Å². The molecule has 0 bridgehead atoms. The Bertz CT molecular complexity index is 656. The van der Waals surface area contributed by atoms with Crippen molar-refractivity contribution in [1.29, 1.82) is 0 Å². The van der Waals surface area contributed by atoms with Gasteiger partial charge in [0.05, 0.1) is 18.0 Å². The van der Waals surface area contributed by atoms with Gasteiger partial charge in [-0.15, -0.1) is 11.3 Å². The Morgan fingerprint density at radius 1 is 1.17 bits per heavy atom. The topological polar surface area (TPSA) is 40.6 Å². The lowest BCUT2D eigenvalue weighted by Crippen LogP contribution is -2.60. The van der Waals surface area contributed by atoms with Gasteiger partial charge in [-0.2, -0.15) is 0 Å². The summed E-state index contributed by atoms with van der Waals surface area (Å²) in [6.07, 6.45) is 3.39. The van der Waals surface area contributed by atoms with Gasteiger partial charge in [-0.05, 0) is 30.7 Å². The van der Waals surface area contributed by atoms with Gasteiger partial charge in [0.15, 0.2) is 0 Å². The molecule has 2 atom stereocenters. The maximum atomic E-state index is 13.1. The number of carbonyl (C=O) groups is 2. The Morgan fingerprint density at radius 3 is 2.62 bits per heavy atom. The van der Waals surface area contributed by atoms with E-state index in [0.717, 1.165) is 30.6 Å². The molecule has 24 heavy (non-hydrogen) atoms. The normalized spacial score (nSPS) is 31.5. The summed E-state index contributed by atoms with van der Waals surface area (Å²) >= 11 is 1.42. The van der Waals surface area contributed by atoms with Crippen LogP contribution in [0.4, 0.5) is 8.78 Å². The SMILES string of the molecule is O=C(c1cccs1)N1CC[C@@]2(CCC[C@@H]2C(=O)N2CC(F)(F)C2)C1. The Labute approximate surface area is 143 Å². The number of hydrogen-bond acceptors (Lipinski definition) is 3. The molecule has 2 saturated heterocycles. The van der Waals surface area contributed by atoms with Crippen molar-refractivity contribution >= 4 is 23.2 Å². The highest BCUT2D eigenvalue weighted by atomic mass is 32.1. The molecule has 0 N–H and O–H groups in total. The second-order valence-corrected chi connectivity index (χ2v) is 8.26. The van der Waals surface area contributed by atoms with E-state index in [4.69, 9.17) is 0 Å². The third kappa shape index (κ3) is 2.53. The Kier molecular flexibility index (Phi) is 3.67. The minimum Gasteiger partial charge on any atom is -0.337 e. The fourth-order valence-electron chi connectivity index (χ4n) is 4.53. The predicted molar refractivity (Wildman–Crippen MR) is 86.1 cm³/mol.